The van der Waals surface area contributed by atoms with E-state index in [1.54, 1.807) is 6.08 Å². The molecule has 2 aliphatic rings. The summed E-state index contributed by atoms with van der Waals surface area (Å²) in [7, 11) is 0. The summed E-state index contributed by atoms with van der Waals surface area (Å²) in [5.41, 5.74) is 0.815. The van der Waals surface area contributed by atoms with Gasteiger partial charge >= 0.3 is 6.18 Å². The van der Waals surface area contributed by atoms with Crippen molar-refractivity contribution >= 4 is 11.6 Å². The highest BCUT2D eigenvalue weighted by Gasteiger charge is 2.30. The van der Waals surface area contributed by atoms with Crippen molar-refractivity contribution in [3.63, 3.8) is 0 Å². The zero-order valence-corrected chi connectivity index (χ0v) is 12.7. The number of hydrogen-bond donors (Lipinski definition) is 1. The Morgan fingerprint density at radius 1 is 1.22 bits per heavy atom. The molecule has 1 N–H and O–H groups in total. The van der Waals surface area contributed by atoms with E-state index in [2.05, 4.69) is 10.2 Å². The Morgan fingerprint density at radius 2 is 1.96 bits per heavy atom. The monoisotopic (exact) mass is 324 g/mol. The first-order valence-corrected chi connectivity index (χ1v) is 7.83. The van der Waals surface area contributed by atoms with Crippen LogP contribution < -0.4 is 5.32 Å². The van der Waals surface area contributed by atoms with Gasteiger partial charge in [0, 0.05) is 24.9 Å². The van der Waals surface area contributed by atoms with Gasteiger partial charge in [-0.25, -0.2) is 0 Å². The van der Waals surface area contributed by atoms with Crippen LogP contribution in [0.2, 0.25) is 0 Å². The van der Waals surface area contributed by atoms with Crippen molar-refractivity contribution in [1.29, 1.82) is 0 Å². The number of halogens is 3. The average Bonchev–Trinajstić information content (AvgIpc) is 2.50. The molecule has 6 heteroatoms. The van der Waals surface area contributed by atoms with Crippen LogP contribution in [0.5, 0.6) is 0 Å². The molecule has 2 bridgehead atoms. The number of piperidine rings is 2. The second-order valence-corrected chi connectivity index (χ2v) is 6.17. The van der Waals surface area contributed by atoms with Crippen molar-refractivity contribution in [2.75, 3.05) is 25.0 Å². The maximum Gasteiger partial charge on any atom is 0.416 e. The highest BCUT2D eigenvalue weighted by atomic mass is 19.4. The molecule has 0 radical (unpaired) electrons. The number of alkyl halides is 3. The van der Waals surface area contributed by atoms with Crippen molar-refractivity contribution in [1.82, 2.24) is 4.90 Å². The minimum Gasteiger partial charge on any atom is -0.323 e. The van der Waals surface area contributed by atoms with Crippen LogP contribution >= 0.6 is 0 Å². The van der Waals surface area contributed by atoms with Gasteiger partial charge in [-0.15, -0.1) is 0 Å². The third-order valence-electron chi connectivity index (χ3n) is 4.54. The van der Waals surface area contributed by atoms with Crippen LogP contribution in [-0.2, 0) is 11.0 Å². The molecule has 124 valence electrons. The predicted octanol–water partition coefficient (Wildman–Crippen LogP) is 3.69. The summed E-state index contributed by atoms with van der Waals surface area (Å²) in [6, 6.07) is 4.51. The molecule has 0 aliphatic carbocycles. The fourth-order valence-corrected chi connectivity index (χ4v) is 3.33. The number of anilines is 1. The van der Waals surface area contributed by atoms with Crippen LogP contribution in [0.25, 0.3) is 0 Å². The molecule has 0 aromatic heterocycles. The third-order valence-corrected chi connectivity index (χ3v) is 4.54. The number of amides is 1. The second-order valence-electron chi connectivity index (χ2n) is 6.17. The molecular weight excluding hydrogens is 305 g/mol. The third kappa shape index (κ3) is 3.93. The van der Waals surface area contributed by atoms with Crippen molar-refractivity contribution in [3.8, 4) is 0 Å². The normalized spacial score (nSPS) is 26.1. The largest absolute Gasteiger partial charge is 0.416 e. The van der Waals surface area contributed by atoms with E-state index >= 15 is 0 Å². The summed E-state index contributed by atoms with van der Waals surface area (Å²) < 4.78 is 37.5. The minimum atomic E-state index is -4.36. The second kappa shape index (κ2) is 6.35. The molecule has 0 saturated carbocycles. The maximum absolute atomic E-state index is 12.5. The standard InChI is InChI=1S/C17H19F3N2O/c18-17(19,20)14-3-5-15(6-4-14)21-16(23)10-12-7-9-22-8-1-2-13(12)11-22/h3-6,10,13H,1-2,7-9,11H2,(H,21,23). The maximum atomic E-state index is 12.5. The van der Waals surface area contributed by atoms with E-state index < -0.39 is 11.7 Å². The molecule has 0 spiro atoms. The highest BCUT2D eigenvalue weighted by molar-refractivity contribution is 5.99. The summed E-state index contributed by atoms with van der Waals surface area (Å²) in [5, 5.41) is 2.65. The lowest BCUT2D eigenvalue weighted by Gasteiger charge is -2.39. The van der Waals surface area contributed by atoms with Crippen molar-refractivity contribution in [2.24, 2.45) is 5.92 Å². The molecule has 2 unspecified atom stereocenters. The SMILES string of the molecule is O=C(C=C1CCN2CCCC1C2)Nc1ccc(C(F)(F)F)cc1. The predicted molar refractivity (Wildman–Crippen MR) is 81.9 cm³/mol. The van der Waals surface area contributed by atoms with E-state index in [1.165, 1.54) is 12.1 Å². The first-order valence-electron chi connectivity index (χ1n) is 7.83. The summed E-state index contributed by atoms with van der Waals surface area (Å²) in [6.45, 7) is 3.14. The van der Waals surface area contributed by atoms with Crippen LogP contribution in [0.4, 0.5) is 18.9 Å². The van der Waals surface area contributed by atoms with E-state index in [0.29, 0.717) is 11.6 Å². The van der Waals surface area contributed by atoms with Crippen molar-refractivity contribution in [3.05, 3.63) is 41.5 Å². The number of carbonyl (C=O) groups is 1. The first kappa shape index (κ1) is 16.1. The van der Waals surface area contributed by atoms with Gasteiger partial charge in [0.25, 0.3) is 0 Å². The Hall–Kier alpha value is -1.82. The van der Waals surface area contributed by atoms with E-state index in [-0.39, 0.29) is 5.91 Å². The quantitative estimate of drug-likeness (QED) is 0.842. The molecule has 2 heterocycles. The lowest BCUT2D eigenvalue weighted by molar-refractivity contribution is -0.137. The smallest absolute Gasteiger partial charge is 0.323 e. The zero-order valence-electron chi connectivity index (χ0n) is 12.7. The first-order chi connectivity index (χ1) is 10.9. The lowest BCUT2D eigenvalue weighted by Crippen LogP contribution is -2.41. The molecule has 1 aromatic rings. The number of nitrogens with zero attached hydrogens (tertiary/aromatic N) is 1. The van der Waals surface area contributed by atoms with Gasteiger partial charge in [0.15, 0.2) is 0 Å². The van der Waals surface area contributed by atoms with Crippen LogP contribution in [0.3, 0.4) is 0 Å². The average molecular weight is 324 g/mol. The fourth-order valence-electron chi connectivity index (χ4n) is 3.33. The van der Waals surface area contributed by atoms with Gasteiger partial charge in [-0.1, -0.05) is 5.57 Å². The van der Waals surface area contributed by atoms with Gasteiger partial charge in [0.2, 0.25) is 5.91 Å². The summed E-state index contributed by atoms with van der Waals surface area (Å²) in [5.74, 6) is 0.176. The Bertz CT molecular complexity index is 607. The van der Waals surface area contributed by atoms with Crippen LogP contribution in [-0.4, -0.2) is 30.4 Å². The van der Waals surface area contributed by atoms with Gasteiger partial charge in [-0.3, -0.25) is 4.79 Å². The zero-order chi connectivity index (χ0) is 16.4. The summed E-state index contributed by atoms with van der Waals surface area (Å²) in [4.78, 5) is 14.5. The lowest BCUT2D eigenvalue weighted by atomic mass is 9.84. The summed E-state index contributed by atoms with van der Waals surface area (Å²) in [6.07, 6.45) is 0.425. The molecule has 23 heavy (non-hydrogen) atoms. The Balaban J connectivity index is 1.64. The molecule has 1 aromatic carbocycles. The fraction of sp³-hybridized carbons (Fsp3) is 0.471. The molecule has 2 aliphatic heterocycles. The van der Waals surface area contributed by atoms with E-state index in [4.69, 9.17) is 0 Å². The van der Waals surface area contributed by atoms with E-state index in [1.807, 2.05) is 0 Å². The molecule has 2 saturated heterocycles. The van der Waals surface area contributed by atoms with Crippen LogP contribution in [0, 0.1) is 5.92 Å². The molecule has 2 atom stereocenters. The van der Waals surface area contributed by atoms with E-state index in [9.17, 15) is 18.0 Å². The Kier molecular flexibility index (Phi) is 4.43. The Labute approximate surface area is 133 Å². The van der Waals surface area contributed by atoms with Crippen molar-refractivity contribution in [2.45, 2.75) is 25.4 Å². The van der Waals surface area contributed by atoms with E-state index in [0.717, 1.165) is 56.6 Å². The molecular formula is C17H19F3N2O. The van der Waals surface area contributed by atoms with Gasteiger partial charge in [0.05, 0.1) is 5.56 Å². The number of nitrogens with one attached hydrogen (secondary N) is 1. The number of hydrogen-bond acceptors (Lipinski definition) is 2. The molecule has 3 rings (SSSR count). The van der Waals surface area contributed by atoms with Gasteiger partial charge < -0.3 is 10.2 Å². The van der Waals surface area contributed by atoms with Crippen LogP contribution in [0.15, 0.2) is 35.9 Å². The minimum absolute atomic E-state index is 0.265. The Morgan fingerprint density at radius 3 is 2.65 bits per heavy atom. The number of benzene rings is 1. The highest BCUT2D eigenvalue weighted by Crippen LogP contribution is 2.31. The summed E-state index contributed by atoms with van der Waals surface area (Å²) >= 11 is 0. The number of carbonyl (C=O) groups excluding carboxylic acids is 1. The number of fused-ring (bicyclic) bond motifs is 2. The molecule has 3 nitrogen and oxygen atoms in total. The topological polar surface area (TPSA) is 32.3 Å². The molecule has 1 amide bonds. The molecule has 2 fully saturated rings. The number of rotatable bonds is 2. The van der Waals surface area contributed by atoms with Gasteiger partial charge in [0.1, 0.15) is 0 Å². The van der Waals surface area contributed by atoms with Gasteiger partial charge in [-0.2, -0.15) is 13.2 Å². The van der Waals surface area contributed by atoms with Crippen molar-refractivity contribution < 1.29 is 18.0 Å². The van der Waals surface area contributed by atoms with Gasteiger partial charge in [-0.05, 0) is 56.0 Å². The van der Waals surface area contributed by atoms with Crippen LogP contribution in [0.1, 0.15) is 24.8 Å².